The summed E-state index contributed by atoms with van der Waals surface area (Å²) in [6.07, 6.45) is 3.50. The Kier molecular flexibility index (Phi) is 4.33. The molecule has 0 aliphatic carbocycles. The van der Waals surface area contributed by atoms with Gasteiger partial charge in [-0.2, -0.15) is 0 Å². The molecule has 0 radical (unpaired) electrons. The van der Waals surface area contributed by atoms with Crippen molar-refractivity contribution in [2.24, 2.45) is 0 Å². The topological polar surface area (TPSA) is 21.3 Å². The van der Waals surface area contributed by atoms with Crippen molar-refractivity contribution in [1.29, 1.82) is 0 Å². The van der Waals surface area contributed by atoms with E-state index < -0.39 is 0 Å². The molecule has 1 aromatic rings. The summed E-state index contributed by atoms with van der Waals surface area (Å²) >= 11 is 12.0. The van der Waals surface area contributed by atoms with Crippen molar-refractivity contribution in [2.75, 3.05) is 13.2 Å². The number of rotatable bonds is 4. The molecule has 0 spiro atoms. The highest BCUT2D eigenvalue weighted by atomic mass is 35.5. The van der Waals surface area contributed by atoms with Crippen LogP contribution in [0.3, 0.4) is 0 Å². The standard InChI is InChI=1S/C12H15Cl2NO/c13-10-4-1-5-11(14)12(10)16-8-6-9-3-2-7-15-9/h1,4-5,9,15H,2-3,6-8H2. The fraction of sp³-hybridized carbons (Fsp3) is 0.500. The van der Waals surface area contributed by atoms with Crippen molar-refractivity contribution in [2.45, 2.75) is 25.3 Å². The van der Waals surface area contributed by atoms with E-state index in [-0.39, 0.29) is 0 Å². The Hall–Kier alpha value is -0.440. The predicted molar refractivity (Wildman–Crippen MR) is 67.6 cm³/mol. The molecule has 88 valence electrons. The third-order valence-electron chi connectivity index (χ3n) is 2.79. The lowest BCUT2D eigenvalue weighted by atomic mass is 10.2. The van der Waals surface area contributed by atoms with Gasteiger partial charge < -0.3 is 10.1 Å². The summed E-state index contributed by atoms with van der Waals surface area (Å²) in [6.45, 7) is 1.78. The van der Waals surface area contributed by atoms with Gasteiger partial charge >= 0.3 is 0 Å². The first-order valence-corrected chi connectivity index (χ1v) is 6.33. The minimum absolute atomic E-state index is 0.576. The van der Waals surface area contributed by atoms with E-state index in [4.69, 9.17) is 27.9 Å². The van der Waals surface area contributed by atoms with E-state index >= 15 is 0 Å². The number of nitrogens with one attached hydrogen (secondary N) is 1. The van der Waals surface area contributed by atoms with Gasteiger partial charge in [-0.25, -0.2) is 0 Å². The number of hydrogen-bond acceptors (Lipinski definition) is 2. The van der Waals surface area contributed by atoms with E-state index in [1.165, 1.54) is 12.8 Å². The monoisotopic (exact) mass is 259 g/mol. The highest BCUT2D eigenvalue weighted by Crippen LogP contribution is 2.32. The highest BCUT2D eigenvalue weighted by Gasteiger charge is 2.14. The zero-order chi connectivity index (χ0) is 11.4. The lowest BCUT2D eigenvalue weighted by Crippen LogP contribution is -2.23. The van der Waals surface area contributed by atoms with Crippen molar-refractivity contribution < 1.29 is 4.74 Å². The quantitative estimate of drug-likeness (QED) is 0.894. The average Bonchev–Trinajstić information content (AvgIpc) is 2.75. The number of ether oxygens (including phenoxy) is 1. The molecule has 1 unspecified atom stereocenters. The Labute approximate surface area is 106 Å². The van der Waals surface area contributed by atoms with E-state index in [1.54, 1.807) is 12.1 Å². The van der Waals surface area contributed by atoms with Gasteiger partial charge in [0.05, 0.1) is 16.7 Å². The van der Waals surface area contributed by atoms with Crippen LogP contribution in [0.5, 0.6) is 5.75 Å². The van der Waals surface area contributed by atoms with Crippen molar-refractivity contribution in [3.63, 3.8) is 0 Å². The Morgan fingerprint density at radius 2 is 2.06 bits per heavy atom. The van der Waals surface area contributed by atoms with Gasteiger partial charge in [0.25, 0.3) is 0 Å². The molecule has 1 fully saturated rings. The van der Waals surface area contributed by atoms with Crippen LogP contribution in [0, 0.1) is 0 Å². The minimum Gasteiger partial charge on any atom is -0.490 e. The van der Waals surface area contributed by atoms with Gasteiger partial charge in [-0.3, -0.25) is 0 Å². The Bertz CT molecular complexity index is 331. The molecule has 1 atom stereocenters. The van der Waals surface area contributed by atoms with Crippen LogP contribution in [0.15, 0.2) is 18.2 Å². The van der Waals surface area contributed by atoms with Crippen LogP contribution in [0.4, 0.5) is 0 Å². The summed E-state index contributed by atoms with van der Waals surface area (Å²) < 4.78 is 5.63. The van der Waals surface area contributed by atoms with Crippen LogP contribution >= 0.6 is 23.2 Å². The summed E-state index contributed by atoms with van der Waals surface area (Å²) in [4.78, 5) is 0. The van der Waals surface area contributed by atoms with Gasteiger partial charge in [-0.1, -0.05) is 29.3 Å². The van der Waals surface area contributed by atoms with Crippen LogP contribution in [-0.2, 0) is 0 Å². The molecule has 4 heteroatoms. The molecular formula is C12H15Cl2NO. The van der Waals surface area contributed by atoms with Crippen LogP contribution in [0.25, 0.3) is 0 Å². The normalized spacial score (nSPS) is 20.0. The average molecular weight is 260 g/mol. The van der Waals surface area contributed by atoms with Gasteiger partial charge in [0.1, 0.15) is 0 Å². The molecule has 0 saturated carbocycles. The summed E-state index contributed by atoms with van der Waals surface area (Å²) in [5.74, 6) is 0.601. The third-order valence-corrected chi connectivity index (χ3v) is 3.39. The lowest BCUT2D eigenvalue weighted by molar-refractivity contribution is 0.292. The van der Waals surface area contributed by atoms with Crippen molar-refractivity contribution >= 4 is 23.2 Å². The summed E-state index contributed by atoms with van der Waals surface area (Å²) in [5.41, 5.74) is 0. The zero-order valence-electron chi connectivity index (χ0n) is 9.01. The number of benzene rings is 1. The molecule has 2 rings (SSSR count). The minimum atomic E-state index is 0.576. The first-order valence-electron chi connectivity index (χ1n) is 5.57. The largest absolute Gasteiger partial charge is 0.490 e. The predicted octanol–water partition coefficient (Wildman–Crippen LogP) is 3.51. The Balaban J connectivity index is 1.84. The summed E-state index contributed by atoms with van der Waals surface area (Å²) in [7, 11) is 0. The maximum absolute atomic E-state index is 6.00. The van der Waals surface area contributed by atoms with Crippen LogP contribution in [0.1, 0.15) is 19.3 Å². The molecule has 1 aliphatic heterocycles. The Morgan fingerprint density at radius 1 is 1.31 bits per heavy atom. The molecule has 1 heterocycles. The fourth-order valence-electron chi connectivity index (χ4n) is 1.93. The molecule has 0 amide bonds. The second kappa shape index (κ2) is 5.76. The first-order chi connectivity index (χ1) is 7.77. The Morgan fingerprint density at radius 3 is 2.69 bits per heavy atom. The van der Waals surface area contributed by atoms with Gasteiger partial charge in [-0.15, -0.1) is 0 Å². The van der Waals surface area contributed by atoms with E-state index in [1.807, 2.05) is 6.07 Å². The number of para-hydroxylation sites is 1. The molecule has 16 heavy (non-hydrogen) atoms. The molecule has 0 bridgehead atoms. The van der Waals surface area contributed by atoms with E-state index in [0.717, 1.165) is 13.0 Å². The second-order valence-corrected chi connectivity index (χ2v) is 4.80. The third kappa shape index (κ3) is 3.03. The maximum Gasteiger partial charge on any atom is 0.156 e. The zero-order valence-corrected chi connectivity index (χ0v) is 10.5. The van der Waals surface area contributed by atoms with E-state index in [2.05, 4.69) is 5.32 Å². The van der Waals surface area contributed by atoms with Crippen molar-refractivity contribution in [3.8, 4) is 5.75 Å². The van der Waals surface area contributed by atoms with E-state index in [9.17, 15) is 0 Å². The van der Waals surface area contributed by atoms with Crippen molar-refractivity contribution in [3.05, 3.63) is 28.2 Å². The lowest BCUT2D eigenvalue weighted by Gasteiger charge is -2.13. The van der Waals surface area contributed by atoms with E-state index in [0.29, 0.717) is 28.4 Å². The fourth-order valence-corrected chi connectivity index (χ4v) is 2.43. The smallest absolute Gasteiger partial charge is 0.156 e. The first kappa shape index (κ1) is 12.0. The molecule has 0 aromatic heterocycles. The molecular weight excluding hydrogens is 245 g/mol. The van der Waals surface area contributed by atoms with Gasteiger partial charge in [0.15, 0.2) is 5.75 Å². The molecule has 1 N–H and O–H groups in total. The molecule has 2 nitrogen and oxygen atoms in total. The highest BCUT2D eigenvalue weighted by molar-refractivity contribution is 6.37. The van der Waals surface area contributed by atoms with Gasteiger partial charge in [-0.05, 0) is 37.9 Å². The molecule has 1 aliphatic rings. The maximum atomic E-state index is 6.00. The SMILES string of the molecule is Clc1cccc(Cl)c1OCCC1CCCN1. The molecule has 1 aromatic carbocycles. The van der Waals surface area contributed by atoms with Crippen LogP contribution in [-0.4, -0.2) is 19.2 Å². The van der Waals surface area contributed by atoms with Gasteiger partial charge in [0.2, 0.25) is 0 Å². The summed E-state index contributed by atoms with van der Waals surface area (Å²) in [5, 5.41) is 4.58. The van der Waals surface area contributed by atoms with Gasteiger partial charge in [0, 0.05) is 6.04 Å². The van der Waals surface area contributed by atoms with Crippen molar-refractivity contribution in [1.82, 2.24) is 5.32 Å². The molecule has 1 saturated heterocycles. The van der Waals surface area contributed by atoms with Crippen LogP contribution in [0.2, 0.25) is 10.0 Å². The number of halogens is 2. The summed E-state index contributed by atoms with van der Waals surface area (Å²) in [6, 6.07) is 5.98. The number of hydrogen-bond donors (Lipinski definition) is 1. The second-order valence-electron chi connectivity index (χ2n) is 3.98. The van der Waals surface area contributed by atoms with Crippen LogP contribution < -0.4 is 10.1 Å².